The molecular weight excluding hydrogens is 226 g/mol. The van der Waals surface area contributed by atoms with Crippen molar-refractivity contribution >= 4 is 6.09 Å². The Kier molecular flexibility index (Phi) is 2.95. The zero-order valence-corrected chi connectivity index (χ0v) is 9.54. The highest BCUT2D eigenvalue weighted by Crippen LogP contribution is 2.31. The smallest absolute Gasteiger partial charge is 0.407 e. The summed E-state index contributed by atoms with van der Waals surface area (Å²) in [5, 5.41) is 0. The molecule has 1 saturated heterocycles. The van der Waals surface area contributed by atoms with Crippen LogP contribution in [-0.4, -0.2) is 28.5 Å². The van der Waals surface area contributed by atoms with Gasteiger partial charge in [0.1, 0.15) is 6.10 Å². The molecule has 2 N–H and O–H groups in total. The predicted molar refractivity (Wildman–Crippen MR) is 56.1 cm³/mol. The largest absolute Gasteiger partial charge is 0.410 e. The highest BCUT2D eigenvalue weighted by Gasteiger charge is 2.35. The van der Waals surface area contributed by atoms with E-state index in [9.17, 15) is 4.79 Å². The molecule has 1 unspecified atom stereocenters. The molecule has 0 spiro atoms. The second kappa shape index (κ2) is 4.27. The van der Waals surface area contributed by atoms with Crippen LogP contribution < -0.4 is 10.5 Å². The van der Waals surface area contributed by atoms with Crippen molar-refractivity contribution in [1.29, 1.82) is 0 Å². The van der Waals surface area contributed by atoms with Gasteiger partial charge in [-0.1, -0.05) is 0 Å². The lowest BCUT2D eigenvalue weighted by Crippen LogP contribution is -2.20. The topological polar surface area (TPSA) is 96.6 Å². The number of carbonyl (C=O) groups is 1. The maximum atomic E-state index is 10.5. The summed E-state index contributed by atoms with van der Waals surface area (Å²) >= 11 is 0. The van der Waals surface area contributed by atoms with Gasteiger partial charge >= 0.3 is 6.09 Å². The average Bonchev–Trinajstić information content (AvgIpc) is 2.59. The van der Waals surface area contributed by atoms with Crippen molar-refractivity contribution in [1.82, 2.24) is 9.97 Å². The van der Waals surface area contributed by atoms with Crippen molar-refractivity contribution in [2.24, 2.45) is 5.73 Å². The lowest BCUT2D eigenvalue weighted by atomic mass is 10.3. The number of primary amides is 1. The van der Waals surface area contributed by atoms with E-state index in [0.717, 1.165) is 0 Å². The molecule has 0 radical (unpaired) electrons. The molecule has 0 saturated carbocycles. The van der Waals surface area contributed by atoms with Crippen LogP contribution in [0.1, 0.15) is 25.8 Å². The molecule has 1 aliphatic rings. The van der Waals surface area contributed by atoms with E-state index in [0.29, 0.717) is 12.4 Å². The van der Waals surface area contributed by atoms with Crippen LogP contribution in [0.3, 0.4) is 0 Å². The molecule has 7 heteroatoms. The van der Waals surface area contributed by atoms with Gasteiger partial charge < -0.3 is 19.9 Å². The number of amides is 1. The number of nitrogens with zero attached hydrogens (tertiary/aromatic N) is 2. The molecule has 0 aromatic carbocycles. The van der Waals surface area contributed by atoms with Crippen molar-refractivity contribution in [2.75, 3.05) is 6.61 Å². The third-order valence-electron chi connectivity index (χ3n) is 2.16. The van der Waals surface area contributed by atoms with Gasteiger partial charge in [0.15, 0.2) is 17.4 Å². The number of aromatic nitrogens is 2. The van der Waals surface area contributed by atoms with Gasteiger partial charge in [0.25, 0.3) is 0 Å². The maximum absolute atomic E-state index is 10.5. The summed E-state index contributed by atoms with van der Waals surface area (Å²) in [5.41, 5.74) is 4.86. The fourth-order valence-corrected chi connectivity index (χ4v) is 1.48. The van der Waals surface area contributed by atoms with Gasteiger partial charge in [0.05, 0.1) is 19.0 Å². The molecule has 1 aliphatic heterocycles. The molecule has 0 aliphatic carbocycles. The lowest BCUT2D eigenvalue weighted by Gasteiger charge is -2.16. The van der Waals surface area contributed by atoms with E-state index in [1.807, 2.05) is 13.8 Å². The number of hydrogen-bond acceptors (Lipinski definition) is 6. The molecule has 1 fully saturated rings. The molecule has 7 nitrogen and oxygen atoms in total. The summed E-state index contributed by atoms with van der Waals surface area (Å²) in [6.07, 6.45) is 1.51. The molecule has 17 heavy (non-hydrogen) atoms. The molecule has 1 amide bonds. The quantitative estimate of drug-likeness (QED) is 0.818. The minimum atomic E-state index is -0.900. The van der Waals surface area contributed by atoms with Gasteiger partial charge in [-0.05, 0) is 13.8 Å². The van der Waals surface area contributed by atoms with Crippen LogP contribution in [0.5, 0.6) is 5.75 Å². The van der Waals surface area contributed by atoms with E-state index >= 15 is 0 Å². The van der Waals surface area contributed by atoms with Gasteiger partial charge in [0, 0.05) is 0 Å². The van der Waals surface area contributed by atoms with Gasteiger partial charge in [-0.25, -0.2) is 14.8 Å². The highest BCUT2D eigenvalue weighted by molar-refractivity contribution is 5.67. The number of ether oxygens (including phenoxy) is 3. The zero-order valence-electron chi connectivity index (χ0n) is 9.54. The van der Waals surface area contributed by atoms with Crippen molar-refractivity contribution in [3.05, 3.63) is 18.2 Å². The van der Waals surface area contributed by atoms with Gasteiger partial charge in [-0.3, -0.25) is 0 Å². The van der Waals surface area contributed by atoms with Crippen molar-refractivity contribution in [2.45, 2.75) is 25.7 Å². The minimum absolute atomic E-state index is 0.194. The van der Waals surface area contributed by atoms with Crippen LogP contribution >= 0.6 is 0 Å². The zero-order chi connectivity index (χ0) is 12.5. The molecular formula is C10H13N3O4. The van der Waals surface area contributed by atoms with E-state index in [2.05, 4.69) is 14.7 Å². The Bertz CT molecular complexity index is 418. The standard InChI is InChI=1S/C10H13N3O4/c1-10(2)15-5-7(17-10)8-12-3-6(4-13-8)16-9(11)14/h3-4,7H,5H2,1-2H3,(H2,11,14). The Balaban J connectivity index is 2.06. The van der Waals surface area contributed by atoms with E-state index in [1.165, 1.54) is 12.4 Å². The predicted octanol–water partition coefficient (Wildman–Crippen LogP) is 0.758. The van der Waals surface area contributed by atoms with E-state index < -0.39 is 11.9 Å². The summed E-state index contributed by atoms with van der Waals surface area (Å²) in [7, 11) is 0. The van der Waals surface area contributed by atoms with E-state index in [1.54, 1.807) is 0 Å². The first-order chi connectivity index (χ1) is 7.96. The lowest BCUT2D eigenvalue weighted by molar-refractivity contribution is -0.139. The minimum Gasteiger partial charge on any atom is -0.407 e. The normalized spacial score (nSPS) is 22.4. The monoisotopic (exact) mass is 239 g/mol. The molecule has 1 aromatic heterocycles. The van der Waals surface area contributed by atoms with E-state index in [4.69, 9.17) is 15.2 Å². The number of carbonyl (C=O) groups excluding carboxylic acids is 1. The Morgan fingerprint density at radius 1 is 1.53 bits per heavy atom. The molecule has 2 rings (SSSR count). The Labute approximate surface area is 97.9 Å². The van der Waals surface area contributed by atoms with E-state index in [-0.39, 0.29) is 11.9 Å². The average molecular weight is 239 g/mol. The van der Waals surface area contributed by atoms with Crippen LogP contribution in [0.4, 0.5) is 4.79 Å². The van der Waals surface area contributed by atoms with Crippen LogP contribution in [0.15, 0.2) is 12.4 Å². The molecule has 1 aromatic rings. The van der Waals surface area contributed by atoms with Gasteiger partial charge in [0.2, 0.25) is 0 Å². The molecule has 0 bridgehead atoms. The van der Waals surface area contributed by atoms with Crippen LogP contribution in [-0.2, 0) is 9.47 Å². The third kappa shape index (κ3) is 2.89. The fourth-order valence-electron chi connectivity index (χ4n) is 1.48. The van der Waals surface area contributed by atoms with Gasteiger partial charge in [-0.2, -0.15) is 0 Å². The summed E-state index contributed by atoms with van der Waals surface area (Å²) in [6.45, 7) is 4.03. The molecule has 1 atom stereocenters. The first-order valence-electron chi connectivity index (χ1n) is 5.07. The number of nitrogens with two attached hydrogens (primary N) is 1. The van der Waals surface area contributed by atoms with Crippen molar-refractivity contribution < 1.29 is 19.0 Å². The summed E-state index contributed by atoms with van der Waals surface area (Å²) in [6, 6.07) is 0. The summed E-state index contributed by atoms with van der Waals surface area (Å²) in [5.74, 6) is 0.0444. The molecule has 92 valence electrons. The van der Waals surface area contributed by atoms with Crippen molar-refractivity contribution in [3.8, 4) is 5.75 Å². The number of rotatable bonds is 2. The van der Waals surface area contributed by atoms with Crippen LogP contribution in [0.25, 0.3) is 0 Å². The van der Waals surface area contributed by atoms with Crippen LogP contribution in [0, 0.1) is 0 Å². The summed E-state index contributed by atoms with van der Waals surface area (Å²) < 4.78 is 15.6. The van der Waals surface area contributed by atoms with Gasteiger partial charge in [-0.15, -0.1) is 0 Å². The maximum Gasteiger partial charge on any atom is 0.410 e. The van der Waals surface area contributed by atoms with Crippen molar-refractivity contribution in [3.63, 3.8) is 0 Å². The first kappa shape index (κ1) is 11.7. The highest BCUT2D eigenvalue weighted by atomic mass is 16.7. The Morgan fingerprint density at radius 3 is 2.65 bits per heavy atom. The second-order valence-corrected chi connectivity index (χ2v) is 4.02. The Morgan fingerprint density at radius 2 is 2.18 bits per heavy atom. The number of hydrogen-bond donors (Lipinski definition) is 1. The summed E-state index contributed by atoms with van der Waals surface area (Å²) in [4.78, 5) is 18.6. The van der Waals surface area contributed by atoms with Crippen LogP contribution in [0.2, 0.25) is 0 Å². The fraction of sp³-hybridized carbons (Fsp3) is 0.500. The molecule has 2 heterocycles. The Hall–Kier alpha value is -1.73. The third-order valence-corrected chi connectivity index (χ3v) is 2.16. The second-order valence-electron chi connectivity index (χ2n) is 4.02. The first-order valence-corrected chi connectivity index (χ1v) is 5.07. The SMILES string of the molecule is CC1(C)OCC(c2ncc(OC(N)=O)cn2)O1.